The Balaban J connectivity index is 2.63. The lowest BCUT2D eigenvalue weighted by Crippen LogP contribution is -2.36. The molecule has 0 spiro atoms. The van der Waals surface area contributed by atoms with Crippen LogP contribution in [0.25, 0.3) is 0 Å². The first-order valence-electron chi connectivity index (χ1n) is 6.03. The summed E-state index contributed by atoms with van der Waals surface area (Å²) in [7, 11) is 0. The zero-order chi connectivity index (χ0) is 12.8. The maximum atomic E-state index is 12.7. The summed E-state index contributed by atoms with van der Waals surface area (Å²) in [5.41, 5.74) is 0.815. The molecule has 3 nitrogen and oxygen atoms in total. The van der Waals surface area contributed by atoms with Gasteiger partial charge in [-0.1, -0.05) is 13.8 Å². The average Bonchev–Trinajstić information content (AvgIpc) is 2.29. The fourth-order valence-corrected chi connectivity index (χ4v) is 1.80. The fraction of sp³-hybridized carbons (Fsp3) is 0.615. The van der Waals surface area contributed by atoms with Crippen molar-refractivity contribution in [1.82, 2.24) is 10.3 Å². The number of aliphatic hydroxyl groups is 1. The summed E-state index contributed by atoms with van der Waals surface area (Å²) in [5.74, 6) is 0.113. The standard InChI is InChI=1S/C13H21FN2O/c1-9(2)12(6-7-17)16-10(3)13-5-4-11(14)8-15-13/h4-5,8-10,12,16-17H,6-7H2,1-3H3. The lowest BCUT2D eigenvalue weighted by molar-refractivity contribution is 0.236. The molecule has 0 radical (unpaired) electrons. The van der Waals surface area contributed by atoms with Crippen LogP contribution < -0.4 is 5.32 Å². The molecular weight excluding hydrogens is 219 g/mol. The molecule has 0 saturated heterocycles. The Labute approximate surface area is 102 Å². The minimum Gasteiger partial charge on any atom is -0.396 e. The summed E-state index contributed by atoms with van der Waals surface area (Å²) >= 11 is 0. The zero-order valence-corrected chi connectivity index (χ0v) is 10.7. The second-order valence-electron chi connectivity index (χ2n) is 4.65. The second kappa shape index (κ2) is 6.67. The van der Waals surface area contributed by atoms with E-state index >= 15 is 0 Å². The summed E-state index contributed by atoms with van der Waals surface area (Å²) in [4.78, 5) is 4.05. The molecule has 2 atom stereocenters. The highest BCUT2D eigenvalue weighted by Gasteiger charge is 2.16. The van der Waals surface area contributed by atoms with Crippen LogP contribution in [-0.4, -0.2) is 22.7 Å². The van der Waals surface area contributed by atoms with E-state index in [0.717, 1.165) is 5.69 Å². The summed E-state index contributed by atoms with van der Waals surface area (Å²) in [6, 6.07) is 3.39. The SMILES string of the molecule is CC(NC(CCO)C(C)C)c1ccc(F)cn1. The summed E-state index contributed by atoms with van der Waals surface area (Å²) in [6.45, 7) is 6.38. The molecular formula is C13H21FN2O. The molecule has 0 fully saturated rings. The first kappa shape index (κ1) is 14.1. The number of halogens is 1. The van der Waals surface area contributed by atoms with Crippen LogP contribution in [0.15, 0.2) is 18.3 Å². The minimum atomic E-state index is -0.322. The highest BCUT2D eigenvalue weighted by molar-refractivity contribution is 5.09. The van der Waals surface area contributed by atoms with Crippen LogP contribution in [0, 0.1) is 11.7 Å². The Morgan fingerprint density at radius 2 is 2.06 bits per heavy atom. The molecule has 0 saturated carbocycles. The van der Waals surface area contributed by atoms with Gasteiger partial charge in [0.15, 0.2) is 0 Å². The third-order valence-electron chi connectivity index (χ3n) is 2.90. The first-order chi connectivity index (χ1) is 8.04. The van der Waals surface area contributed by atoms with E-state index in [1.54, 1.807) is 6.07 Å². The number of hydrogen-bond acceptors (Lipinski definition) is 3. The maximum Gasteiger partial charge on any atom is 0.141 e. The molecule has 1 rings (SSSR count). The van der Waals surface area contributed by atoms with Gasteiger partial charge in [0.1, 0.15) is 5.82 Å². The van der Waals surface area contributed by atoms with Crippen LogP contribution in [0.4, 0.5) is 4.39 Å². The number of pyridine rings is 1. The summed E-state index contributed by atoms with van der Waals surface area (Å²) in [6.07, 6.45) is 1.94. The Morgan fingerprint density at radius 3 is 2.53 bits per heavy atom. The fourth-order valence-electron chi connectivity index (χ4n) is 1.80. The minimum absolute atomic E-state index is 0.0505. The second-order valence-corrected chi connectivity index (χ2v) is 4.65. The molecule has 1 aromatic heterocycles. The normalized spacial score (nSPS) is 14.9. The largest absolute Gasteiger partial charge is 0.396 e. The monoisotopic (exact) mass is 240 g/mol. The molecule has 0 aromatic carbocycles. The summed E-state index contributed by atoms with van der Waals surface area (Å²) in [5, 5.41) is 12.4. The van der Waals surface area contributed by atoms with Gasteiger partial charge in [0.25, 0.3) is 0 Å². The molecule has 4 heteroatoms. The molecule has 0 aliphatic carbocycles. The lowest BCUT2D eigenvalue weighted by atomic mass is 10.00. The van der Waals surface area contributed by atoms with E-state index < -0.39 is 0 Å². The first-order valence-corrected chi connectivity index (χ1v) is 6.03. The van der Waals surface area contributed by atoms with Gasteiger partial charge in [-0.25, -0.2) is 4.39 Å². The summed E-state index contributed by atoms with van der Waals surface area (Å²) < 4.78 is 12.7. The van der Waals surface area contributed by atoms with Gasteiger partial charge >= 0.3 is 0 Å². The molecule has 0 bridgehead atoms. The van der Waals surface area contributed by atoms with E-state index in [-0.39, 0.29) is 24.5 Å². The third kappa shape index (κ3) is 4.40. The van der Waals surface area contributed by atoms with Crippen LogP contribution in [0.2, 0.25) is 0 Å². The van der Waals surface area contributed by atoms with Crippen LogP contribution in [-0.2, 0) is 0 Å². The van der Waals surface area contributed by atoms with Crippen LogP contribution in [0.5, 0.6) is 0 Å². The zero-order valence-electron chi connectivity index (χ0n) is 10.7. The third-order valence-corrected chi connectivity index (χ3v) is 2.90. The molecule has 0 amide bonds. The Bertz CT molecular complexity index is 327. The van der Waals surface area contributed by atoms with Crippen molar-refractivity contribution in [2.45, 2.75) is 39.3 Å². The van der Waals surface area contributed by atoms with E-state index in [1.165, 1.54) is 12.3 Å². The molecule has 2 N–H and O–H groups in total. The maximum absolute atomic E-state index is 12.7. The van der Waals surface area contributed by atoms with Crippen molar-refractivity contribution in [3.8, 4) is 0 Å². The van der Waals surface area contributed by atoms with Crippen LogP contribution in [0.1, 0.15) is 38.9 Å². The van der Waals surface area contributed by atoms with Gasteiger partial charge in [-0.15, -0.1) is 0 Å². The molecule has 0 aliphatic rings. The number of nitrogens with one attached hydrogen (secondary N) is 1. The molecule has 1 aromatic rings. The van der Waals surface area contributed by atoms with Crippen LogP contribution in [0.3, 0.4) is 0 Å². The Kier molecular flexibility index (Phi) is 5.51. The average molecular weight is 240 g/mol. The van der Waals surface area contributed by atoms with E-state index in [0.29, 0.717) is 12.3 Å². The van der Waals surface area contributed by atoms with Gasteiger partial charge in [0.2, 0.25) is 0 Å². The van der Waals surface area contributed by atoms with E-state index in [4.69, 9.17) is 5.11 Å². The highest BCUT2D eigenvalue weighted by Crippen LogP contribution is 2.14. The van der Waals surface area contributed by atoms with Gasteiger partial charge in [-0.05, 0) is 31.4 Å². The quantitative estimate of drug-likeness (QED) is 0.802. The molecule has 1 heterocycles. The van der Waals surface area contributed by atoms with Crippen molar-refractivity contribution in [2.75, 3.05) is 6.61 Å². The molecule has 2 unspecified atom stereocenters. The topological polar surface area (TPSA) is 45.1 Å². The number of aromatic nitrogens is 1. The smallest absolute Gasteiger partial charge is 0.141 e. The van der Waals surface area contributed by atoms with E-state index in [1.807, 2.05) is 6.92 Å². The van der Waals surface area contributed by atoms with Gasteiger partial charge in [0.05, 0.1) is 11.9 Å². The van der Waals surface area contributed by atoms with Crippen molar-refractivity contribution < 1.29 is 9.50 Å². The van der Waals surface area contributed by atoms with Crippen molar-refractivity contribution in [1.29, 1.82) is 0 Å². The number of hydrogen-bond donors (Lipinski definition) is 2. The van der Waals surface area contributed by atoms with Gasteiger partial charge in [-0.3, -0.25) is 4.98 Å². The number of nitrogens with zero attached hydrogens (tertiary/aromatic N) is 1. The van der Waals surface area contributed by atoms with E-state index in [2.05, 4.69) is 24.1 Å². The Hall–Kier alpha value is -1.00. The van der Waals surface area contributed by atoms with Crippen molar-refractivity contribution >= 4 is 0 Å². The van der Waals surface area contributed by atoms with Crippen molar-refractivity contribution in [3.63, 3.8) is 0 Å². The van der Waals surface area contributed by atoms with Gasteiger partial charge in [0, 0.05) is 18.7 Å². The van der Waals surface area contributed by atoms with Gasteiger partial charge in [-0.2, -0.15) is 0 Å². The van der Waals surface area contributed by atoms with Gasteiger partial charge < -0.3 is 10.4 Å². The molecule has 17 heavy (non-hydrogen) atoms. The van der Waals surface area contributed by atoms with Crippen molar-refractivity contribution in [2.24, 2.45) is 5.92 Å². The Morgan fingerprint density at radius 1 is 1.35 bits per heavy atom. The van der Waals surface area contributed by atoms with Crippen LogP contribution >= 0.6 is 0 Å². The predicted octanol–water partition coefficient (Wildman–Crippen LogP) is 2.28. The van der Waals surface area contributed by atoms with E-state index in [9.17, 15) is 4.39 Å². The molecule has 0 aliphatic heterocycles. The molecule has 96 valence electrons. The lowest BCUT2D eigenvalue weighted by Gasteiger charge is -2.25. The number of aliphatic hydroxyl groups excluding tert-OH is 1. The highest BCUT2D eigenvalue weighted by atomic mass is 19.1. The predicted molar refractivity (Wildman–Crippen MR) is 66.1 cm³/mol. The number of rotatable bonds is 6. The van der Waals surface area contributed by atoms with Crippen molar-refractivity contribution in [3.05, 3.63) is 29.8 Å².